The number of carbonyl (C=O) groups is 1. The van der Waals surface area contributed by atoms with E-state index in [0.29, 0.717) is 17.8 Å². The number of rotatable bonds is 2. The summed E-state index contributed by atoms with van der Waals surface area (Å²) in [4.78, 5) is 10.8. The number of carboxylic acid groups (broad SMARTS) is 1. The monoisotopic (exact) mass is 182 g/mol. The maximum Gasteiger partial charge on any atom is 0.331 e. The minimum absolute atomic E-state index is 0.214. The number of hydrogen-bond donors (Lipinski definition) is 1. The zero-order chi connectivity index (χ0) is 9.42. The molecule has 0 aromatic rings. The second-order valence-corrected chi connectivity index (χ2v) is 3.77. The average molecular weight is 182 g/mol. The molecule has 2 fully saturated rings. The van der Waals surface area contributed by atoms with Crippen LogP contribution in [0.15, 0.2) is 11.6 Å². The normalized spacial score (nSPS) is 38.2. The quantitative estimate of drug-likeness (QED) is 0.521. The molecule has 0 amide bonds. The van der Waals surface area contributed by atoms with E-state index >= 15 is 0 Å². The predicted molar refractivity (Wildman–Crippen MR) is 47.4 cm³/mol. The van der Waals surface area contributed by atoms with Gasteiger partial charge in [-0.2, -0.15) is 0 Å². The second-order valence-electron chi connectivity index (χ2n) is 3.77. The van der Waals surface area contributed by atoms with Crippen LogP contribution in [-0.2, 0) is 9.53 Å². The highest BCUT2D eigenvalue weighted by atomic mass is 16.6. The van der Waals surface area contributed by atoms with Gasteiger partial charge < -0.3 is 9.84 Å². The van der Waals surface area contributed by atoms with Gasteiger partial charge in [-0.05, 0) is 32.1 Å². The van der Waals surface area contributed by atoms with Crippen molar-refractivity contribution in [1.29, 1.82) is 0 Å². The van der Waals surface area contributed by atoms with Crippen LogP contribution in [0.5, 0.6) is 0 Å². The van der Waals surface area contributed by atoms with Crippen molar-refractivity contribution in [1.82, 2.24) is 0 Å². The molecular weight excluding hydrogens is 168 g/mol. The minimum atomic E-state index is -0.772. The smallest absolute Gasteiger partial charge is 0.331 e. The van der Waals surface area contributed by atoms with E-state index in [1.807, 2.05) is 0 Å². The van der Waals surface area contributed by atoms with Crippen LogP contribution < -0.4 is 0 Å². The summed E-state index contributed by atoms with van der Waals surface area (Å²) in [7, 11) is 0. The number of aliphatic carboxylic acids is 1. The molecule has 3 atom stereocenters. The molecule has 1 heterocycles. The fourth-order valence-corrected chi connectivity index (χ4v) is 2.22. The third-order valence-electron chi connectivity index (χ3n) is 3.00. The molecule has 0 aromatic heterocycles. The largest absolute Gasteiger partial charge is 0.478 e. The maximum absolute atomic E-state index is 10.8. The number of ether oxygens (including phenoxy) is 1. The molecule has 3 nitrogen and oxygen atoms in total. The van der Waals surface area contributed by atoms with Gasteiger partial charge in [0, 0.05) is 5.57 Å². The number of carboxylic acids is 1. The van der Waals surface area contributed by atoms with Crippen molar-refractivity contribution in [3.8, 4) is 0 Å². The highest BCUT2D eigenvalue weighted by molar-refractivity contribution is 5.87. The molecule has 72 valence electrons. The lowest BCUT2D eigenvalue weighted by atomic mass is 9.83. The second kappa shape index (κ2) is 3.14. The summed E-state index contributed by atoms with van der Waals surface area (Å²) in [5.74, 6) is -0.558. The van der Waals surface area contributed by atoms with Crippen LogP contribution in [-0.4, -0.2) is 23.3 Å². The Bertz CT molecular complexity index is 257. The Balaban J connectivity index is 2.02. The standard InChI is InChI=1S/C10H14O3/c1-2-7(10(11)12)6-3-4-8-9(5-6)13-8/h2,6,8-9H,3-5H2,1H3,(H,11,12). The van der Waals surface area contributed by atoms with E-state index < -0.39 is 5.97 Å². The summed E-state index contributed by atoms with van der Waals surface area (Å²) in [6.07, 6.45) is 5.41. The van der Waals surface area contributed by atoms with Gasteiger partial charge >= 0.3 is 5.97 Å². The summed E-state index contributed by atoms with van der Waals surface area (Å²) >= 11 is 0. The number of fused-ring (bicyclic) bond motifs is 1. The summed E-state index contributed by atoms with van der Waals surface area (Å²) in [6, 6.07) is 0. The molecule has 1 aliphatic carbocycles. The molecule has 1 N–H and O–H groups in total. The first-order valence-corrected chi connectivity index (χ1v) is 4.77. The van der Waals surface area contributed by atoms with Crippen molar-refractivity contribution in [2.24, 2.45) is 5.92 Å². The molecule has 2 aliphatic rings. The number of allylic oxidation sites excluding steroid dienone is 1. The van der Waals surface area contributed by atoms with Crippen LogP contribution in [0.3, 0.4) is 0 Å². The van der Waals surface area contributed by atoms with Gasteiger partial charge in [-0.1, -0.05) is 6.08 Å². The highest BCUT2D eigenvalue weighted by Crippen LogP contribution is 2.41. The summed E-state index contributed by atoms with van der Waals surface area (Å²) in [6.45, 7) is 1.79. The van der Waals surface area contributed by atoms with E-state index in [1.54, 1.807) is 13.0 Å². The van der Waals surface area contributed by atoms with Crippen LogP contribution in [0.4, 0.5) is 0 Å². The van der Waals surface area contributed by atoms with Gasteiger partial charge in [-0.3, -0.25) is 0 Å². The fourth-order valence-electron chi connectivity index (χ4n) is 2.22. The Hall–Kier alpha value is -0.830. The topological polar surface area (TPSA) is 49.8 Å². The lowest BCUT2D eigenvalue weighted by Crippen LogP contribution is -2.19. The third kappa shape index (κ3) is 1.61. The van der Waals surface area contributed by atoms with Crippen molar-refractivity contribution in [3.05, 3.63) is 11.6 Å². The Kier molecular flexibility index (Phi) is 2.12. The molecule has 0 spiro atoms. The van der Waals surface area contributed by atoms with Crippen molar-refractivity contribution >= 4 is 5.97 Å². The van der Waals surface area contributed by atoms with Crippen molar-refractivity contribution in [2.45, 2.75) is 38.4 Å². The Morgan fingerprint density at radius 1 is 1.46 bits per heavy atom. The van der Waals surface area contributed by atoms with Gasteiger partial charge in [0.05, 0.1) is 12.2 Å². The van der Waals surface area contributed by atoms with Crippen LogP contribution in [0.25, 0.3) is 0 Å². The molecule has 1 saturated heterocycles. The van der Waals surface area contributed by atoms with E-state index in [1.165, 1.54) is 0 Å². The zero-order valence-electron chi connectivity index (χ0n) is 7.69. The van der Waals surface area contributed by atoms with Crippen LogP contribution in [0.2, 0.25) is 0 Å². The third-order valence-corrected chi connectivity index (χ3v) is 3.00. The minimum Gasteiger partial charge on any atom is -0.478 e. The Labute approximate surface area is 77.4 Å². The van der Waals surface area contributed by atoms with Crippen molar-refractivity contribution in [3.63, 3.8) is 0 Å². The lowest BCUT2D eigenvalue weighted by Gasteiger charge is -2.19. The van der Waals surface area contributed by atoms with Gasteiger partial charge in [0.2, 0.25) is 0 Å². The summed E-state index contributed by atoms with van der Waals surface area (Å²) < 4.78 is 5.36. The first-order chi connectivity index (χ1) is 6.22. The molecule has 0 radical (unpaired) electrons. The number of hydrogen-bond acceptors (Lipinski definition) is 2. The molecule has 2 rings (SSSR count). The maximum atomic E-state index is 10.8. The van der Waals surface area contributed by atoms with Crippen LogP contribution in [0, 0.1) is 5.92 Å². The average Bonchev–Trinajstić information content (AvgIpc) is 2.82. The molecule has 3 unspecified atom stereocenters. The summed E-state index contributed by atoms with van der Waals surface area (Å²) in [5.41, 5.74) is 0.564. The van der Waals surface area contributed by atoms with Crippen molar-refractivity contribution < 1.29 is 14.6 Å². The van der Waals surface area contributed by atoms with E-state index in [0.717, 1.165) is 19.3 Å². The molecule has 3 heteroatoms. The highest BCUT2D eigenvalue weighted by Gasteiger charge is 2.45. The van der Waals surface area contributed by atoms with Crippen LogP contribution >= 0.6 is 0 Å². The molecule has 13 heavy (non-hydrogen) atoms. The first-order valence-electron chi connectivity index (χ1n) is 4.77. The lowest BCUT2D eigenvalue weighted by molar-refractivity contribution is -0.133. The zero-order valence-corrected chi connectivity index (χ0v) is 7.69. The molecular formula is C10H14O3. The van der Waals surface area contributed by atoms with E-state index in [4.69, 9.17) is 9.84 Å². The van der Waals surface area contributed by atoms with Crippen LogP contribution in [0.1, 0.15) is 26.2 Å². The Morgan fingerprint density at radius 2 is 2.23 bits per heavy atom. The Morgan fingerprint density at radius 3 is 2.77 bits per heavy atom. The molecule has 0 aromatic carbocycles. The molecule has 1 aliphatic heterocycles. The number of epoxide rings is 1. The fraction of sp³-hybridized carbons (Fsp3) is 0.700. The van der Waals surface area contributed by atoms with Gasteiger partial charge in [-0.25, -0.2) is 4.79 Å². The van der Waals surface area contributed by atoms with Gasteiger partial charge in [0.1, 0.15) is 0 Å². The first kappa shape index (κ1) is 8.75. The van der Waals surface area contributed by atoms with E-state index in [2.05, 4.69) is 0 Å². The predicted octanol–water partition coefficient (Wildman–Crippen LogP) is 1.58. The molecule has 0 bridgehead atoms. The van der Waals surface area contributed by atoms with Gasteiger partial charge in [0.25, 0.3) is 0 Å². The van der Waals surface area contributed by atoms with E-state index in [-0.39, 0.29) is 5.92 Å². The molecule has 1 saturated carbocycles. The van der Waals surface area contributed by atoms with E-state index in [9.17, 15) is 4.79 Å². The SMILES string of the molecule is CC=C(C(=O)O)C1CCC2OC2C1. The van der Waals surface area contributed by atoms with Crippen molar-refractivity contribution in [2.75, 3.05) is 0 Å². The van der Waals surface area contributed by atoms with Gasteiger partial charge in [-0.15, -0.1) is 0 Å². The summed E-state index contributed by atoms with van der Waals surface area (Å²) in [5, 5.41) is 8.92. The van der Waals surface area contributed by atoms with Gasteiger partial charge in [0.15, 0.2) is 0 Å².